The fourth-order valence-corrected chi connectivity index (χ4v) is 3.25. The van der Waals surface area contributed by atoms with Gasteiger partial charge in [0.25, 0.3) is 5.91 Å². The summed E-state index contributed by atoms with van der Waals surface area (Å²) in [5.74, 6) is -0.462. The van der Waals surface area contributed by atoms with Gasteiger partial charge in [0, 0.05) is 31.1 Å². The first-order valence-electron chi connectivity index (χ1n) is 6.88. The fourth-order valence-electron chi connectivity index (χ4n) is 2.41. The molecule has 1 aliphatic heterocycles. The van der Waals surface area contributed by atoms with Crippen LogP contribution in [0.4, 0.5) is 5.13 Å². The molecule has 5 nitrogen and oxygen atoms in total. The zero-order valence-electron chi connectivity index (χ0n) is 11.9. The molecule has 1 fully saturated rings. The first kappa shape index (κ1) is 14.0. The predicted molar refractivity (Wildman–Crippen MR) is 84.5 cm³/mol. The Morgan fingerprint density at radius 1 is 1.43 bits per heavy atom. The molecule has 2 N–H and O–H groups in total. The molecular weight excluding hydrogens is 284 g/mol. The molecule has 0 spiro atoms. The number of carbonyl (C=O) groups is 1. The van der Waals surface area contributed by atoms with Crippen LogP contribution in [-0.4, -0.2) is 42.0 Å². The van der Waals surface area contributed by atoms with Crippen LogP contribution in [0.15, 0.2) is 35.7 Å². The number of thiazole rings is 1. The molecule has 2 heterocycles. The number of likely N-dealkylation sites (N-methyl/N-ethyl adjacent to an activating group) is 1. The van der Waals surface area contributed by atoms with E-state index in [1.54, 1.807) is 5.38 Å². The number of benzene rings is 1. The summed E-state index contributed by atoms with van der Waals surface area (Å²) in [6.07, 6.45) is 0. The summed E-state index contributed by atoms with van der Waals surface area (Å²) in [4.78, 5) is 19.9. The molecule has 1 aliphatic rings. The van der Waals surface area contributed by atoms with Gasteiger partial charge in [-0.05, 0) is 12.6 Å². The Morgan fingerprint density at radius 3 is 2.76 bits per heavy atom. The van der Waals surface area contributed by atoms with E-state index in [1.807, 2.05) is 6.07 Å². The Morgan fingerprint density at radius 2 is 2.14 bits per heavy atom. The van der Waals surface area contributed by atoms with E-state index < -0.39 is 5.91 Å². The quantitative estimate of drug-likeness (QED) is 0.910. The summed E-state index contributed by atoms with van der Waals surface area (Å²) in [6.45, 7) is 2.83. The Kier molecular flexibility index (Phi) is 3.90. The van der Waals surface area contributed by atoms with Gasteiger partial charge in [-0.1, -0.05) is 30.3 Å². The van der Waals surface area contributed by atoms with Crippen molar-refractivity contribution in [3.63, 3.8) is 0 Å². The number of nitrogens with two attached hydrogens (primary N) is 1. The van der Waals surface area contributed by atoms with E-state index in [9.17, 15) is 4.79 Å². The number of rotatable bonds is 5. The Balaban J connectivity index is 1.54. The molecule has 1 saturated heterocycles. The number of amides is 1. The van der Waals surface area contributed by atoms with E-state index >= 15 is 0 Å². The molecule has 110 valence electrons. The van der Waals surface area contributed by atoms with Gasteiger partial charge in [-0.25, -0.2) is 4.98 Å². The lowest BCUT2D eigenvalue weighted by Crippen LogP contribution is -2.58. The largest absolute Gasteiger partial charge is 0.364 e. The maximum Gasteiger partial charge on any atom is 0.268 e. The minimum atomic E-state index is -0.462. The summed E-state index contributed by atoms with van der Waals surface area (Å²) in [5, 5.41) is 2.60. The van der Waals surface area contributed by atoms with E-state index in [1.165, 1.54) is 16.9 Å². The fraction of sp³-hybridized carbons (Fsp3) is 0.333. The number of carbonyl (C=O) groups excluding carboxylic acids is 1. The van der Waals surface area contributed by atoms with E-state index in [4.69, 9.17) is 5.73 Å². The second kappa shape index (κ2) is 5.83. The third kappa shape index (κ3) is 3.06. The number of nitrogens with zero attached hydrogens (tertiary/aromatic N) is 3. The monoisotopic (exact) mass is 302 g/mol. The van der Waals surface area contributed by atoms with Crippen molar-refractivity contribution in [3.05, 3.63) is 47.0 Å². The van der Waals surface area contributed by atoms with Crippen molar-refractivity contribution in [3.8, 4) is 0 Å². The van der Waals surface area contributed by atoms with Crippen LogP contribution in [-0.2, 0) is 6.54 Å². The molecule has 1 aromatic carbocycles. The molecule has 0 saturated carbocycles. The zero-order valence-corrected chi connectivity index (χ0v) is 12.7. The van der Waals surface area contributed by atoms with Crippen LogP contribution in [0.25, 0.3) is 0 Å². The molecule has 21 heavy (non-hydrogen) atoms. The van der Waals surface area contributed by atoms with Gasteiger partial charge in [0.05, 0.1) is 0 Å². The number of hydrogen-bond donors (Lipinski definition) is 1. The van der Waals surface area contributed by atoms with Crippen LogP contribution in [0.1, 0.15) is 16.1 Å². The van der Waals surface area contributed by atoms with Gasteiger partial charge in [-0.3, -0.25) is 9.69 Å². The van der Waals surface area contributed by atoms with Crippen LogP contribution >= 0.6 is 11.3 Å². The van der Waals surface area contributed by atoms with Crippen molar-refractivity contribution < 1.29 is 4.79 Å². The van der Waals surface area contributed by atoms with Gasteiger partial charge in [0.15, 0.2) is 5.13 Å². The highest BCUT2D eigenvalue weighted by atomic mass is 32.1. The normalized spacial score (nSPS) is 15.2. The van der Waals surface area contributed by atoms with Gasteiger partial charge in [-0.2, -0.15) is 0 Å². The standard InChI is InChI=1S/C15H18N4OS/c1-18(7-11-5-3-2-4-6-11)12-8-19(9-12)15-17-13(10-21-15)14(16)20/h2-6,10,12H,7-9H2,1H3,(H2,16,20). The molecule has 1 amide bonds. The molecule has 3 rings (SSSR count). The minimum absolute atomic E-state index is 0.357. The Hall–Kier alpha value is -1.92. The van der Waals surface area contributed by atoms with E-state index in [0.717, 1.165) is 24.8 Å². The number of aromatic nitrogens is 1. The van der Waals surface area contributed by atoms with Gasteiger partial charge >= 0.3 is 0 Å². The lowest BCUT2D eigenvalue weighted by atomic mass is 10.1. The highest BCUT2D eigenvalue weighted by Crippen LogP contribution is 2.27. The third-order valence-electron chi connectivity index (χ3n) is 3.78. The Labute approximate surface area is 128 Å². The molecule has 6 heteroatoms. The molecule has 0 aliphatic carbocycles. The maximum absolute atomic E-state index is 11.1. The lowest BCUT2D eigenvalue weighted by molar-refractivity contribution is 0.0996. The Bertz CT molecular complexity index is 622. The first-order chi connectivity index (χ1) is 10.1. The van der Waals surface area contributed by atoms with Crippen molar-refractivity contribution in [2.75, 3.05) is 25.0 Å². The second-order valence-electron chi connectivity index (χ2n) is 5.34. The van der Waals surface area contributed by atoms with Crippen molar-refractivity contribution in [1.82, 2.24) is 9.88 Å². The molecule has 0 bridgehead atoms. The van der Waals surface area contributed by atoms with E-state index in [0.29, 0.717) is 11.7 Å². The number of anilines is 1. The van der Waals surface area contributed by atoms with Crippen molar-refractivity contribution in [2.45, 2.75) is 12.6 Å². The summed E-state index contributed by atoms with van der Waals surface area (Å²) >= 11 is 1.48. The second-order valence-corrected chi connectivity index (χ2v) is 6.18. The van der Waals surface area contributed by atoms with Crippen molar-refractivity contribution in [2.24, 2.45) is 5.73 Å². The third-order valence-corrected chi connectivity index (χ3v) is 4.68. The molecule has 0 radical (unpaired) electrons. The molecule has 0 unspecified atom stereocenters. The van der Waals surface area contributed by atoms with Crippen LogP contribution in [0, 0.1) is 0 Å². The number of primary amides is 1. The van der Waals surface area contributed by atoms with Crippen LogP contribution in [0.3, 0.4) is 0 Å². The first-order valence-corrected chi connectivity index (χ1v) is 7.76. The van der Waals surface area contributed by atoms with Gasteiger partial charge in [-0.15, -0.1) is 11.3 Å². The van der Waals surface area contributed by atoms with Gasteiger partial charge in [0.1, 0.15) is 5.69 Å². The van der Waals surface area contributed by atoms with Gasteiger partial charge in [0.2, 0.25) is 0 Å². The molecular formula is C15H18N4OS. The van der Waals surface area contributed by atoms with Gasteiger partial charge < -0.3 is 10.6 Å². The topological polar surface area (TPSA) is 62.5 Å². The molecule has 2 aromatic rings. The van der Waals surface area contributed by atoms with Crippen molar-refractivity contribution in [1.29, 1.82) is 0 Å². The maximum atomic E-state index is 11.1. The molecule has 1 aromatic heterocycles. The van der Waals surface area contributed by atoms with Crippen LogP contribution in [0.5, 0.6) is 0 Å². The summed E-state index contributed by atoms with van der Waals surface area (Å²) in [5.41, 5.74) is 6.91. The van der Waals surface area contributed by atoms with E-state index in [2.05, 4.69) is 46.1 Å². The smallest absolute Gasteiger partial charge is 0.268 e. The highest BCUT2D eigenvalue weighted by Gasteiger charge is 2.31. The average molecular weight is 302 g/mol. The van der Waals surface area contributed by atoms with Crippen molar-refractivity contribution >= 4 is 22.4 Å². The lowest BCUT2D eigenvalue weighted by Gasteiger charge is -2.44. The van der Waals surface area contributed by atoms with Crippen LogP contribution < -0.4 is 10.6 Å². The SMILES string of the molecule is CN(Cc1ccccc1)C1CN(c2nc(C(N)=O)cs2)C1. The predicted octanol–water partition coefficient (Wildman–Crippen LogP) is 1.56. The molecule has 0 atom stereocenters. The summed E-state index contributed by atoms with van der Waals surface area (Å²) < 4.78 is 0. The summed E-state index contributed by atoms with van der Waals surface area (Å²) in [7, 11) is 2.14. The summed E-state index contributed by atoms with van der Waals surface area (Å²) in [6, 6.07) is 11.0. The van der Waals surface area contributed by atoms with E-state index in [-0.39, 0.29) is 0 Å². The average Bonchev–Trinajstić information content (AvgIpc) is 2.88. The highest BCUT2D eigenvalue weighted by molar-refractivity contribution is 7.14. The minimum Gasteiger partial charge on any atom is -0.364 e. The zero-order chi connectivity index (χ0) is 14.8. The van der Waals surface area contributed by atoms with Crippen LogP contribution in [0.2, 0.25) is 0 Å². The number of hydrogen-bond acceptors (Lipinski definition) is 5.